The number of carboxylic acid groups (broad SMARTS) is 1. The van der Waals surface area contributed by atoms with Gasteiger partial charge in [-0.2, -0.15) is 5.10 Å². The number of nitrogens with one attached hydrogen (secondary N) is 1. The summed E-state index contributed by atoms with van der Waals surface area (Å²) in [6, 6.07) is 22.0. The van der Waals surface area contributed by atoms with Gasteiger partial charge in [0, 0.05) is 16.5 Å². The van der Waals surface area contributed by atoms with E-state index >= 15 is 0 Å². The number of rotatable bonds is 6. The molecule has 4 nitrogen and oxygen atoms in total. The number of hydrogen-bond acceptors (Lipinski definition) is 2. The lowest BCUT2D eigenvalue weighted by atomic mass is 9.87. The van der Waals surface area contributed by atoms with E-state index in [2.05, 4.69) is 29.3 Å². The van der Waals surface area contributed by atoms with Crippen molar-refractivity contribution in [2.45, 2.75) is 13.3 Å². The Morgan fingerprint density at radius 3 is 2.52 bits per heavy atom. The molecule has 0 saturated carbocycles. The van der Waals surface area contributed by atoms with Crippen LogP contribution in [0.1, 0.15) is 35.6 Å². The van der Waals surface area contributed by atoms with Gasteiger partial charge in [-0.25, -0.2) is 4.79 Å². The number of allylic oxidation sites excluding steroid dienone is 1. The third kappa shape index (κ3) is 4.44. The van der Waals surface area contributed by atoms with E-state index in [1.54, 1.807) is 6.08 Å². The number of benzene rings is 3. The van der Waals surface area contributed by atoms with Gasteiger partial charge in [-0.05, 0) is 64.1 Å². The molecule has 0 aliphatic carbocycles. The van der Waals surface area contributed by atoms with Crippen LogP contribution in [0.15, 0.2) is 79.0 Å². The average molecular weight is 429 g/mol. The molecule has 0 aliphatic heterocycles. The maximum atomic E-state index is 10.8. The van der Waals surface area contributed by atoms with E-state index < -0.39 is 5.97 Å². The molecule has 0 unspecified atom stereocenters. The highest BCUT2D eigenvalue weighted by Crippen LogP contribution is 2.37. The number of aromatic amines is 1. The molecule has 1 heterocycles. The first kappa shape index (κ1) is 20.6. The van der Waals surface area contributed by atoms with Crippen LogP contribution >= 0.6 is 11.6 Å². The number of halogens is 1. The van der Waals surface area contributed by atoms with Crippen molar-refractivity contribution in [1.82, 2.24) is 10.2 Å². The van der Waals surface area contributed by atoms with Gasteiger partial charge in [-0.15, -0.1) is 0 Å². The van der Waals surface area contributed by atoms with Gasteiger partial charge in [-0.3, -0.25) is 5.10 Å². The topological polar surface area (TPSA) is 66.0 Å². The number of H-pyrrole nitrogens is 1. The molecule has 154 valence electrons. The summed E-state index contributed by atoms with van der Waals surface area (Å²) in [6.07, 6.45) is 5.34. The summed E-state index contributed by atoms with van der Waals surface area (Å²) in [6.45, 7) is 2.12. The second-order valence-electron chi connectivity index (χ2n) is 7.15. The first-order valence-electron chi connectivity index (χ1n) is 10.00. The lowest BCUT2D eigenvalue weighted by Crippen LogP contribution is -1.96. The molecular formula is C26H21ClN2O2. The fourth-order valence-corrected chi connectivity index (χ4v) is 4.00. The van der Waals surface area contributed by atoms with Gasteiger partial charge in [0.05, 0.1) is 11.7 Å². The lowest BCUT2D eigenvalue weighted by molar-refractivity contribution is -0.131. The van der Waals surface area contributed by atoms with Crippen LogP contribution in [0.4, 0.5) is 0 Å². The number of aliphatic carboxylic acids is 1. The van der Waals surface area contributed by atoms with E-state index in [9.17, 15) is 4.79 Å². The van der Waals surface area contributed by atoms with Crippen LogP contribution in [0.2, 0.25) is 5.02 Å². The van der Waals surface area contributed by atoms with Crippen LogP contribution < -0.4 is 0 Å². The van der Waals surface area contributed by atoms with Crippen molar-refractivity contribution in [1.29, 1.82) is 0 Å². The van der Waals surface area contributed by atoms with E-state index in [0.717, 1.165) is 56.8 Å². The molecule has 0 saturated heterocycles. The summed E-state index contributed by atoms with van der Waals surface area (Å²) in [5, 5.41) is 17.8. The van der Waals surface area contributed by atoms with Gasteiger partial charge >= 0.3 is 5.97 Å². The fraction of sp³-hybridized carbons (Fsp3) is 0.0769. The van der Waals surface area contributed by atoms with Gasteiger partial charge < -0.3 is 5.11 Å². The predicted octanol–water partition coefficient (Wildman–Crippen LogP) is 6.68. The first-order chi connectivity index (χ1) is 15.1. The van der Waals surface area contributed by atoms with Crippen molar-refractivity contribution < 1.29 is 9.90 Å². The number of carbonyl (C=O) groups is 1. The Kier molecular flexibility index (Phi) is 6.01. The molecule has 0 atom stereocenters. The molecule has 0 radical (unpaired) electrons. The normalized spacial score (nSPS) is 12.3. The predicted molar refractivity (Wildman–Crippen MR) is 127 cm³/mol. The van der Waals surface area contributed by atoms with Crippen LogP contribution in [0.25, 0.3) is 28.1 Å². The number of nitrogens with zero attached hydrogens (tertiary/aromatic N) is 1. The van der Waals surface area contributed by atoms with Gasteiger partial charge in [0.15, 0.2) is 0 Å². The lowest BCUT2D eigenvalue weighted by Gasteiger charge is -2.17. The Bertz CT molecular complexity index is 1300. The van der Waals surface area contributed by atoms with Gasteiger partial charge in [0.1, 0.15) is 0 Å². The SMILES string of the molecule is CC/C(=C(\c1ccc(/C=C/C(=O)O)cc1)c1ccc2[nH]ncc2c1)c1ccccc1Cl. The van der Waals surface area contributed by atoms with E-state index in [4.69, 9.17) is 16.7 Å². The molecule has 3 aromatic carbocycles. The zero-order chi connectivity index (χ0) is 21.8. The molecule has 1 aromatic heterocycles. The summed E-state index contributed by atoms with van der Waals surface area (Å²) in [4.78, 5) is 10.8. The molecule has 4 rings (SSSR count). The smallest absolute Gasteiger partial charge is 0.328 e. The van der Waals surface area contributed by atoms with Crippen LogP contribution in [0.3, 0.4) is 0 Å². The zero-order valence-corrected chi connectivity index (χ0v) is 17.7. The standard InChI is InChI=1S/C26H21ClN2O2/c1-2-21(22-5-3-4-6-23(22)27)26(19-12-13-24-20(15-19)16-28-29-24)18-10-7-17(8-11-18)9-14-25(30)31/h3-16H,2H2,1H3,(H,28,29)(H,30,31)/b14-9+,26-21-. The van der Waals surface area contributed by atoms with E-state index in [-0.39, 0.29) is 0 Å². The van der Waals surface area contributed by atoms with Crippen molar-refractivity contribution in [2.24, 2.45) is 0 Å². The Morgan fingerprint density at radius 1 is 1.06 bits per heavy atom. The zero-order valence-electron chi connectivity index (χ0n) is 17.0. The molecule has 0 fully saturated rings. The van der Waals surface area contributed by atoms with Crippen molar-refractivity contribution in [3.8, 4) is 0 Å². The molecule has 5 heteroatoms. The highest BCUT2D eigenvalue weighted by Gasteiger charge is 2.15. The molecule has 31 heavy (non-hydrogen) atoms. The molecule has 2 N–H and O–H groups in total. The average Bonchev–Trinajstić information content (AvgIpc) is 3.25. The van der Waals surface area contributed by atoms with Crippen LogP contribution in [0, 0.1) is 0 Å². The second kappa shape index (κ2) is 9.02. The minimum atomic E-state index is -0.968. The monoisotopic (exact) mass is 428 g/mol. The van der Waals surface area contributed by atoms with Crippen molar-refractivity contribution in [3.05, 3.63) is 106 Å². The summed E-state index contributed by atoms with van der Waals surface area (Å²) in [5.74, 6) is -0.968. The number of fused-ring (bicyclic) bond motifs is 1. The Labute approximate surface area is 185 Å². The van der Waals surface area contributed by atoms with Crippen LogP contribution in [-0.4, -0.2) is 21.3 Å². The highest BCUT2D eigenvalue weighted by atomic mass is 35.5. The van der Waals surface area contributed by atoms with E-state index in [0.29, 0.717) is 5.02 Å². The highest BCUT2D eigenvalue weighted by molar-refractivity contribution is 6.32. The summed E-state index contributed by atoms with van der Waals surface area (Å²) in [5.41, 5.74) is 7.14. The molecular weight excluding hydrogens is 408 g/mol. The van der Waals surface area contributed by atoms with Gasteiger partial charge in [0.25, 0.3) is 0 Å². The minimum Gasteiger partial charge on any atom is -0.478 e. The Balaban J connectivity index is 1.92. The number of hydrogen-bond donors (Lipinski definition) is 2. The minimum absolute atomic E-state index is 0.710. The van der Waals surface area contributed by atoms with Crippen LogP contribution in [-0.2, 0) is 4.79 Å². The van der Waals surface area contributed by atoms with Gasteiger partial charge in [0.2, 0.25) is 0 Å². The molecule has 4 aromatic rings. The number of aromatic nitrogens is 2. The molecule has 0 amide bonds. The molecule has 0 bridgehead atoms. The van der Waals surface area contributed by atoms with E-state index in [1.807, 2.05) is 60.8 Å². The molecule has 0 spiro atoms. The third-order valence-electron chi connectivity index (χ3n) is 5.20. The largest absolute Gasteiger partial charge is 0.478 e. The quantitative estimate of drug-likeness (QED) is 0.266. The van der Waals surface area contributed by atoms with Crippen molar-refractivity contribution in [2.75, 3.05) is 0 Å². The third-order valence-corrected chi connectivity index (χ3v) is 5.53. The Hall–Kier alpha value is -3.63. The fourth-order valence-electron chi connectivity index (χ4n) is 3.75. The molecule has 0 aliphatic rings. The van der Waals surface area contributed by atoms with Gasteiger partial charge in [-0.1, -0.05) is 67.1 Å². The summed E-state index contributed by atoms with van der Waals surface area (Å²) < 4.78 is 0. The van der Waals surface area contributed by atoms with Crippen molar-refractivity contribution >= 4 is 45.7 Å². The van der Waals surface area contributed by atoms with Crippen molar-refractivity contribution in [3.63, 3.8) is 0 Å². The first-order valence-corrected chi connectivity index (χ1v) is 10.4. The van der Waals surface area contributed by atoms with E-state index in [1.165, 1.54) is 0 Å². The summed E-state index contributed by atoms with van der Waals surface area (Å²) in [7, 11) is 0. The maximum absolute atomic E-state index is 10.8. The second-order valence-corrected chi connectivity index (χ2v) is 7.56. The Morgan fingerprint density at radius 2 is 1.81 bits per heavy atom. The number of carboxylic acids is 1. The summed E-state index contributed by atoms with van der Waals surface area (Å²) >= 11 is 6.58. The van der Waals surface area contributed by atoms with Crippen LogP contribution in [0.5, 0.6) is 0 Å². The maximum Gasteiger partial charge on any atom is 0.328 e.